The summed E-state index contributed by atoms with van der Waals surface area (Å²) in [5.41, 5.74) is 1.36. The highest BCUT2D eigenvalue weighted by atomic mass is 16.7. The third kappa shape index (κ3) is 8.73. The number of Topliss-reactive ketones (excluding diaryl/α,β-unsaturated/α-hetero) is 1. The molecule has 0 saturated heterocycles. The quantitative estimate of drug-likeness (QED) is 0.330. The van der Waals surface area contributed by atoms with Crippen molar-refractivity contribution in [2.24, 2.45) is 0 Å². The predicted octanol–water partition coefficient (Wildman–Crippen LogP) is 6.62. The summed E-state index contributed by atoms with van der Waals surface area (Å²) in [4.78, 5) is 10.8. The predicted molar refractivity (Wildman–Crippen MR) is 107 cm³/mol. The zero-order valence-corrected chi connectivity index (χ0v) is 16.6. The molecule has 0 radical (unpaired) electrons. The van der Waals surface area contributed by atoms with E-state index in [2.05, 4.69) is 12.1 Å². The van der Waals surface area contributed by atoms with Crippen LogP contribution >= 0.6 is 0 Å². The number of ether oxygens (including phenoxy) is 2. The van der Waals surface area contributed by atoms with Gasteiger partial charge in [0.25, 0.3) is 0 Å². The Labute approximate surface area is 159 Å². The minimum absolute atomic E-state index is 0.334. The summed E-state index contributed by atoms with van der Waals surface area (Å²) in [6.45, 7) is 2.05. The van der Waals surface area contributed by atoms with Crippen molar-refractivity contribution in [3.63, 3.8) is 0 Å². The Morgan fingerprint density at radius 1 is 0.769 bits per heavy atom. The highest BCUT2D eigenvalue weighted by Crippen LogP contribution is 2.32. The largest absolute Gasteiger partial charge is 0.454 e. The summed E-state index contributed by atoms with van der Waals surface area (Å²) in [6, 6.07) is 6.32. The lowest BCUT2D eigenvalue weighted by atomic mass is 10.0. The molecule has 1 heterocycles. The molecule has 3 nitrogen and oxygen atoms in total. The van der Waals surface area contributed by atoms with E-state index >= 15 is 0 Å². The number of hydrogen-bond acceptors (Lipinski definition) is 3. The molecule has 0 bridgehead atoms. The molecule has 3 heteroatoms. The zero-order valence-electron chi connectivity index (χ0n) is 16.6. The Kier molecular flexibility index (Phi) is 10.2. The number of ketones is 1. The van der Waals surface area contributed by atoms with E-state index in [1.54, 1.807) is 6.92 Å². The van der Waals surface area contributed by atoms with Gasteiger partial charge in [-0.1, -0.05) is 70.3 Å². The second kappa shape index (κ2) is 12.8. The lowest BCUT2D eigenvalue weighted by molar-refractivity contribution is -0.117. The standard InChI is InChI=1S/C23H36O3/c1-20(24)14-12-10-8-6-4-2-3-5-7-9-11-13-15-21-16-17-22-23(18-21)26-19-25-22/h16-18H,2-15,19H2,1H3. The number of aryl methyl sites for hydroxylation is 1. The molecule has 0 aliphatic carbocycles. The van der Waals surface area contributed by atoms with Crippen molar-refractivity contribution in [3.8, 4) is 11.5 Å². The molecule has 0 atom stereocenters. The van der Waals surface area contributed by atoms with Crippen molar-refractivity contribution >= 4 is 5.78 Å². The van der Waals surface area contributed by atoms with Crippen LogP contribution in [0.25, 0.3) is 0 Å². The number of carbonyl (C=O) groups excluding carboxylic acids is 1. The molecule has 146 valence electrons. The molecular formula is C23H36O3. The second-order valence-corrected chi connectivity index (χ2v) is 7.63. The van der Waals surface area contributed by atoms with E-state index in [1.807, 2.05) is 6.07 Å². The number of fused-ring (bicyclic) bond motifs is 1. The lowest BCUT2D eigenvalue weighted by Gasteiger charge is -2.04. The Balaban J connectivity index is 1.34. The van der Waals surface area contributed by atoms with Gasteiger partial charge in [0, 0.05) is 6.42 Å². The smallest absolute Gasteiger partial charge is 0.231 e. The van der Waals surface area contributed by atoms with Crippen molar-refractivity contribution in [3.05, 3.63) is 23.8 Å². The van der Waals surface area contributed by atoms with Crippen molar-refractivity contribution in [2.45, 2.75) is 96.8 Å². The van der Waals surface area contributed by atoms with Gasteiger partial charge in [-0.2, -0.15) is 0 Å². The minimum atomic E-state index is 0.334. The van der Waals surface area contributed by atoms with Crippen molar-refractivity contribution < 1.29 is 14.3 Å². The Morgan fingerprint density at radius 2 is 1.31 bits per heavy atom. The van der Waals surface area contributed by atoms with Crippen molar-refractivity contribution in [1.29, 1.82) is 0 Å². The van der Waals surface area contributed by atoms with Crippen LogP contribution in [-0.4, -0.2) is 12.6 Å². The molecule has 1 aliphatic heterocycles. The van der Waals surface area contributed by atoms with E-state index in [9.17, 15) is 4.79 Å². The number of rotatable bonds is 15. The third-order valence-electron chi connectivity index (χ3n) is 5.18. The number of carbonyl (C=O) groups is 1. The normalized spacial score (nSPS) is 12.5. The molecule has 0 amide bonds. The summed E-state index contributed by atoms with van der Waals surface area (Å²) in [5.74, 6) is 2.12. The molecular weight excluding hydrogens is 324 g/mol. The first kappa shape index (κ1) is 20.8. The molecule has 0 saturated carbocycles. The van der Waals surface area contributed by atoms with Gasteiger partial charge in [-0.15, -0.1) is 0 Å². The second-order valence-electron chi connectivity index (χ2n) is 7.63. The molecule has 1 aliphatic rings. The summed E-state index contributed by atoms with van der Waals surface area (Å²) < 4.78 is 10.8. The Hall–Kier alpha value is -1.51. The van der Waals surface area contributed by atoms with Gasteiger partial charge >= 0.3 is 0 Å². The summed E-state index contributed by atoms with van der Waals surface area (Å²) in [5, 5.41) is 0. The molecule has 0 aromatic heterocycles. The van der Waals surface area contributed by atoms with Gasteiger partial charge < -0.3 is 14.3 Å². The average Bonchev–Trinajstić information content (AvgIpc) is 3.09. The maximum Gasteiger partial charge on any atom is 0.231 e. The van der Waals surface area contributed by atoms with Crippen LogP contribution in [0.1, 0.15) is 96.0 Å². The Bertz CT molecular complexity index is 524. The van der Waals surface area contributed by atoms with Crippen LogP contribution in [0.2, 0.25) is 0 Å². The van der Waals surface area contributed by atoms with Crippen LogP contribution in [0.15, 0.2) is 18.2 Å². The first-order chi connectivity index (χ1) is 12.8. The summed E-state index contributed by atoms with van der Waals surface area (Å²) in [6.07, 6.45) is 17.7. The fourth-order valence-electron chi connectivity index (χ4n) is 3.57. The highest BCUT2D eigenvalue weighted by molar-refractivity contribution is 5.75. The van der Waals surface area contributed by atoms with Gasteiger partial charge in [0.2, 0.25) is 6.79 Å². The fourth-order valence-corrected chi connectivity index (χ4v) is 3.57. The van der Waals surface area contributed by atoms with E-state index in [1.165, 1.54) is 76.2 Å². The lowest BCUT2D eigenvalue weighted by Crippen LogP contribution is -1.93. The molecule has 0 spiro atoms. The van der Waals surface area contributed by atoms with Gasteiger partial charge in [0.15, 0.2) is 11.5 Å². The molecule has 0 fully saturated rings. The van der Waals surface area contributed by atoms with E-state index < -0.39 is 0 Å². The van der Waals surface area contributed by atoms with Gasteiger partial charge in [0.1, 0.15) is 5.78 Å². The SMILES string of the molecule is CC(=O)CCCCCCCCCCCCCCc1ccc2c(c1)OCO2. The van der Waals surface area contributed by atoms with Crippen LogP contribution in [0.3, 0.4) is 0 Å². The van der Waals surface area contributed by atoms with Gasteiger partial charge in [-0.3, -0.25) is 0 Å². The summed E-state index contributed by atoms with van der Waals surface area (Å²) in [7, 11) is 0. The number of benzene rings is 1. The van der Waals surface area contributed by atoms with Crippen LogP contribution in [0.5, 0.6) is 11.5 Å². The zero-order chi connectivity index (χ0) is 18.5. The topological polar surface area (TPSA) is 35.5 Å². The van der Waals surface area contributed by atoms with Gasteiger partial charge in [0.05, 0.1) is 0 Å². The van der Waals surface area contributed by atoms with Gasteiger partial charge in [-0.05, 0) is 43.9 Å². The minimum Gasteiger partial charge on any atom is -0.454 e. The van der Waals surface area contributed by atoms with Crippen LogP contribution < -0.4 is 9.47 Å². The monoisotopic (exact) mass is 360 g/mol. The van der Waals surface area contributed by atoms with Crippen LogP contribution in [-0.2, 0) is 11.2 Å². The van der Waals surface area contributed by atoms with Crippen LogP contribution in [0.4, 0.5) is 0 Å². The average molecular weight is 361 g/mol. The molecule has 26 heavy (non-hydrogen) atoms. The van der Waals surface area contributed by atoms with E-state index in [4.69, 9.17) is 9.47 Å². The molecule has 1 aromatic rings. The number of unbranched alkanes of at least 4 members (excludes halogenated alkanes) is 11. The van der Waals surface area contributed by atoms with E-state index in [0.717, 1.165) is 30.8 Å². The Morgan fingerprint density at radius 3 is 1.92 bits per heavy atom. The first-order valence-corrected chi connectivity index (χ1v) is 10.6. The first-order valence-electron chi connectivity index (χ1n) is 10.6. The van der Waals surface area contributed by atoms with Gasteiger partial charge in [-0.25, -0.2) is 0 Å². The maximum absolute atomic E-state index is 10.8. The maximum atomic E-state index is 10.8. The number of hydrogen-bond donors (Lipinski definition) is 0. The fraction of sp³-hybridized carbons (Fsp3) is 0.696. The van der Waals surface area contributed by atoms with E-state index in [-0.39, 0.29) is 0 Å². The highest BCUT2D eigenvalue weighted by Gasteiger charge is 2.12. The van der Waals surface area contributed by atoms with E-state index in [0.29, 0.717) is 12.6 Å². The summed E-state index contributed by atoms with van der Waals surface area (Å²) >= 11 is 0. The third-order valence-corrected chi connectivity index (χ3v) is 5.18. The molecule has 1 aromatic carbocycles. The molecule has 0 N–H and O–H groups in total. The van der Waals surface area contributed by atoms with Crippen LogP contribution in [0, 0.1) is 0 Å². The van der Waals surface area contributed by atoms with Crippen molar-refractivity contribution in [2.75, 3.05) is 6.79 Å². The molecule has 2 rings (SSSR count). The van der Waals surface area contributed by atoms with Crippen molar-refractivity contribution in [1.82, 2.24) is 0 Å². The molecule has 0 unspecified atom stereocenters.